The van der Waals surface area contributed by atoms with E-state index >= 15 is 0 Å². The minimum Gasteiger partial charge on any atom is -0.489 e. The molecule has 2 heterocycles. The predicted octanol–water partition coefficient (Wildman–Crippen LogP) is 5.57. The number of aryl methyl sites for hydroxylation is 1. The summed E-state index contributed by atoms with van der Waals surface area (Å²) in [7, 11) is 0. The molecule has 0 saturated carbocycles. The van der Waals surface area contributed by atoms with Crippen molar-refractivity contribution in [3.8, 4) is 23.0 Å². The second-order valence-electron chi connectivity index (χ2n) is 7.08. The van der Waals surface area contributed by atoms with Crippen LogP contribution in [0, 0.1) is 6.92 Å². The van der Waals surface area contributed by atoms with Gasteiger partial charge < -0.3 is 18.9 Å². The maximum Gasteiger partial charge on any atom is 0.232 e. The Labute approximate surface area is 178 Å². The van der Waals surface area contributed by atoms with E-state index in [-0.39, 0.29) is 18.3 Å². The molecule has 0 radical (unpaired) electrons. The quantitative estimate of drug-likeness (QED) is 0.516. The lowest BCUT2D eigenvalue weighted by Gasteiger charge is -2.09. The van der Waals surface area contributed by atoms with Crippen molar-refractivity contribution in [2.24, 2.45) is 0 Å². The number of benzene rings is 3. The fourth-order valence-electron chi connectivity index (χ4n) is 3.51. The molecular formula is C24H17ClO5. The van der Waals surface area contributed by atoms with Crippen molar-refractivity contribution in [2.45, 2.75) is 13.5 Å². The molecule has 30 heavy (non-hydrogen) atoms. The highest BCUT2D eigenvalue weighted by Crippen LogP contribution is 2.39. The van der Waals surface area contributed by atoms with Crippen molar-refractivity contribution in [1.29, 1.82) is 0 Å². The first kappa shape index (κ1) is 18.6. The second kappa shape index (κ2) is 7.43. The Balaban J connectivity index is 1.38. The Morgan fingerprint density at radius 2 is 1.90 bits per heavy atom. The summed E-state index contributed by atoms with van der Waals surface area (Å²) in [5, 5.41) is 0.661. The van der Waals surface area contributed by atoms with Crippen LogP contribution in [0.4, 0.5) is 0 Å². The molecule has 0 saturated heterocycles. The van der Waals surface area contributed by atoms with Crippen molar-refractivity contribution in [3.05, 3.63) is 87.6 Å². The van der Waals surface area contributed by atoms with Crippen molar-refractivity contribution >= 4 is 23.5 Å². The lowest BCUT2D eigenvalue weighted by Crippen LogP contribution is -2.00. The summed E-state index contributed by atoms with van der Waals surface area (Å²) in [5.41, 5.74) is 3.11. The van der Waals surface area contributed by atoms with E-state index in [9.17, 15) is 4.79 Å². The smallest absolute Gasteiger partial charge is 0.232 e. The first-order chi connectivity index (χ1) is 14.6. The summed E-state index contributed by atoms with van der Waals surface area (Å²) < 4.78 is 22.5. The molecule has 3 aromatic rings. The van der Waals surface area contributed by atoms with E-state index in [1.54, 1.807) is 12.1 Å². The average molecular weight is 421 g/mol. The van der Waals surface area contributed by atoms with Crippen LogP contribution >= 0.6 is 11.6 Å². The summed E-state index contributed by atoms with van der Waals surface area (Å²) >= 11 is 6.02. The van der Waals surface area contributed by atoms with Crippen molar-refractivity contribution < 1.29 is 23.7 Å². The third-order valence-corrected chi connectivity index (χ3v) is 5.17. The number of hydrogen-bond donors (Lipinski definition) is 0. The normalized spacial score (nSPS) is 15.3. The van der Waals surface area contributed by atoms with Gasteiger partial charge in [-0.25, -0.2) is 0 Å². The Morgan fingerprint density at radius 3 is 2.77 bits per heavy atom. The fourth-order valence-corrected chi connectivity index (χ4v) is 3.72. The molecule has 0 atom stereocenters. The van der Waals surface area contributed by atoms with Gasteiger partial charge in [0, 0.05) is 11.1 Å². The Kier molecular flexibility index (Phi) is 4.60. The first-order valence-corrected chi connectivity index (χ1v) is 9.80. The Morgan fingerprint density at radius 1 is 1.03 bits per heavy atom. The van der Waals surface area contributed by atoms with Crippen LogP contribution in [0.5, 0.6) is 23.0 Å². The molecule has 0 N–H and O–H groups in total. The van der Waals surface area contributed by atoms with Crippen LogP contribution in [0.2, 0.25) is 5.02 Å². The van der Waals surface area contributed by atoms with Crippen LogP contribution in [0.1, 0.15) is 27.0 Å². The highest BCUT2D eigenvalue weighted by molar-refractivity contribution is 6.30. The highest BCUT2D eigenvalue weighted by atomic mass is 35.5. The van der Waals surface area contributed by atoms with Gasteiger partial charge >= 0.3 is 0 Å². The van der Waals surface area contributed by atoms with Gasteiger partial charge in [-0.15, -0.1) is 0 Å². The lowest BCUT2D eigenvalue weighted by atomic mass is 10.0. The molecule has 0 spiro atoms. The molecule has 0 unspecified atom stereocenters. The van der Waals surface area contributed by atoms with E-state index < -0.39 is 0 Å². The maximum absolute atomic E-state index is 12.9. The summed E-state index contributed by atoms with van der Waals surface area (Å²) in [6.07, 6.45) is 1.70. The van der Waals surface area contributed by atoms with Crippen LogP contribution < -0.4 is 18.9 Å². The monoisotopic (exact) mass is 420 g/mol. The van der Waals surface area contributed by atoms with E-state index in [2.05, 4.69) is 0 Å². The number of carbonyl (C=O) groups excluding carboxylic acids is 1. The van der Waals surface area contributed by atoms with Gasteiger partial charge in [0.15, 0.2) is 17.3 Å². The van der Waals surface area contributed by atoms with E-state index in [0.29, 0.717) is 40.2 Å². The number of halogens is 1. The standard InChI is InChI=1S/C24H17ClO5/c1-14-7-18(27-12-16-3-2-4-17(25)8-16)11-21-23(14)24(26)22(30-21)10-15-5-6-19-20(9-15)29-13-28-19/h2-11H,12-13H2,1H3/b22-10-. The molecular weight excluding hydrogens is 404 g/mol. The summed E-state index contributed by atoms with van der Waals surface area (Å²) in [4.78, 5) is 12.9. The molecule has 0 amide bonds. The number of Topliss-reactive ketones (excluding diaryl/α,β-unsaturated/α-hetero) is 1. The van der Waals surface area contributed by atoms with E-state index in [1.807, 2.05) is 55.5 Å². The van der Waals surface area contributed by atoms with Gasteiger partial charge in [-0.05, 0) is 60.0 Å². The van der Waals surface area contributed by atoms with Gasteiger partial charge in [-0.2, -0.15) is 0 Å². The number of ketones is 1. The maximum atomic E-state index is 12.9. The van der Waals surface area contributed by atoms with Crippen LogP contribution in [0.15, 0.2) is 60.4 Å². The molecule has 0 aliphatic carbocycles. The van der Waals surface area contributed by atoms with Crippen molar-refractivity contribution in [2.75, 3.05) is 6.79 Å². The van der Waals surface area contributed by atoms with Crippen molar-refractivity contribution in [1.82, 2.24) is 0 Å². The van der Waals surface area contributed by atoms with Gasteiger partial charge in [0.25, 0.3) is 0 Å². The molecule has 3 aromatic carbocycles. The number of fused-ring (bicyclic) bond motifs is 2. The third kappa shape index (κ3) is 3.48. The first-order valence-electron chi connectivity index (χ1n) is 9.42. The van der Waals surface area contributed by atoms with E-state index in [4.69, 9.17) is 30.5 Å². The lowest BCUT2D eigenvalue weighted by molar-refractivity contribution is 0.101. The van der Waals surface area contributed by atoms with Gasteiger partial charge in [0.1, 0.15) is 18.1 Å². The average Bonchev–Trinajstić information content (AvgIpc) is 3.31. The fraction of sp³-hybridized carbons (Fsp3) is 0.125. The van der Waals surface area contributed by atoms with E-state index in [1.165, 1.54) is 0 Å². The summed E-state index contributed by atoms with van der Waals surface area (Å²) in [6, 6.07) is 16.6. The van der Waals surface area contributed by atoms with Crippen LogP contribution in [-0.4, -0.2) is 12.6 Å². The topological polar surface area (TPSA) is 54.0 Å². The Hall–Kier alpha value is -3.44. The summed E-state index contributed by atoms with van der Waals surface area (Å²) in [5.74, 6) is 2.58. The van der Waals surface area contributed by atoms with Gasteiger partial charge in [0.2, 0.25) is 12.6 Å². The zero-order chi connectivity index (χ0) is 20.7. The zero-order valence-electron chi connectivity index (χ0n) is 16.1. The number of hydrogen-bond acceptors (Lipinski definition) is 5. The number of allylic oxidation sites excluding steroid dienone is 1. The number of ether oxygens (including phenoxy) is 4. The minimum absolute atomic E-state index is 0.151. The zero-order valence-corrected chi connectivity index (χ0v) is 16.9. The predicted molar refractivity (Wildman–Crippen MR) is 112 cm³/mol. The largest absolute Gasteiger partial charge is 0.489 e. The molecule has 0 fully saturated rings. The van der Waals surface area contributed by atoms with Crippen LogP contribution in [0.25, 0.3) is 6.08 Å². The molecule has 0 aromatic heterocycles. The molecule has 2 aliphatic heterocycles. The molecule has 0 bridgehead atoms. The Bertz CT molecular complexity index is 1200. The SMILES string of the molecule is Cc1cc(OCc2cccc(Cl)c2)cc2c1C(=O)/C(=C/c1ccc3c(c1)OCO3)O2. The molecule has 6 heteroatoms. The van der Waals surface area contributed by atoms with Crippen LogP contribution in [0.3, 0.4) is 0 Å². The van der Waals surface area contributed by atoms with Crippen LogP contribution in [-0.2, 0) is 6.61 Å². The molecule has 5 nitrogen and oxygen atoms in total. The molecule has 2 aliphatic rings. The minimum atomic E-state index is -0.151. The highest BCUT2D eigenvalue weighted by Gasteiger charge is 2.30. The summed E-state index contributed by atoms with van der Waals surface area (Å²) in [6.45, 7) is 2.44. The van der Waals surface area contributed by atoms with Gasteiger partial charge in [0.05, 0.1) is 5.56 Å². The second-order valence-corrected chi connectivity index (χ2v) is 7.52. The number of rotatable bonds is 4. The van der Waals surface area contributed by atoms with E-state index in [0.717, 1.165) is 16.7 Å². The third-order valence-electron chi connectivity index (χ3n) is 4.93. The van der Waals surface area contributed by atoms with Gasteiger partial charge in [-0.3, -0.25) is 4.79 Å². The number of carbonyl (C=O) groups is 1. The van der Waals surface area contributed by atoms with Crippen molar-refractivity contribution in [3.63, 3.8) is 0 Å². The van der Waals surface area contributed by atoms with Gasteiger partial charge in [-0.1, -0.05) is 29.8 Å². The molecule has 150 valence electrons. The molecule has 5 rings (SSSR count).